The van der Waals surface area contributed by atoms with Crippen molar-refractivity contribution >= 4 is 5.97 Å². The Kier molecular flexibility index (Phi) is 6.50. The van der Waals surface area contributed by atoms with Crippen LogP contribution >= 0.6 is 0 Å². The normalized spacial score (nSPS) is 11.9. The lowest BCUT2D eigenvalue weighted by Crippen LogP contribution is -2.46. The van der Waals surface area contributed by atoms with Gasteiger partial charge in [-0.25, -0.2) is 0 Å². The van der Waals surface area contributed by atoms with E-state index in [0.717, 1.165) is 5.56 Å². The predicted molar refractivity (Wildman–Crippen MR) is 69.7 cm³/mol. The van der Waals surface area contributed by atoms with Crippen molar-refractivity contribution in [2.45, 2.75) is 19.0 Å². The zero-order chi connectivity index (χ0) is 14.1. The number of nitrogens with zero attached hydrogens (tertiary/aromatic N) is 3. The first kappa shape index (κ1) is 15.1. The highest BCUT2D eigenvalue weighted by molar-refractivity contribution is 5.75. The third-order valence-corrected chi connectivity index (χ3v) is 2.76. The number of methoxy groups -OCH3 is 1. The van der Waals surface area contributed by atoms with E-state index in [9.17, 15) is 4.79 Å². The van der Waals surface area contributed by atoms with Gasteiger partial charge < -0.3 is 10.5 Å². The summed E-state index contributed by atoms with van der Waals surface area (Å²) >= 11 is 0. The highest BCUT2D eigenvalue weighted by Gasteiger charge is 2.25. The second-order valence-electron chi connectivity index (χ2n) is 4.01. The molecule has 0 spiro atoms. The van der Waals surface area contributed by atoms with Crippen molar-refractivity contribution in [2.24, 2.45) is 5.73 Å². The lowest BCUT2D eigenvalue weighted by Gasteiger charge is -2.28. The van der Waals surface area contributed by atoms with Gasteiger partial charge in [-0.1, -0.05) is 6.07 Å². The van der Waals surface area contributed by atoms with Gasteiger partial charge in [0.05, 0.1) is 13.2 Å². The summed E-state index contributed by atoms with van der Waals surface area (Å²) in [7, 11) is 1.33. The first-order valence-corrected chi connectivity index (χ1v) is 6.00. The van der Waals surface area contributed by atoms with Crippen molar-refractivity contribution in [3.05, 3.63) is 30.1 Å². The zero-order valence-corrected chi connectivity index (χ0v) is 11.0. The Balaban J connectivity index is 2.81. The molecule has 1 rings (SSSR count). The van der Waals surface area contributed by atoms with Crippen LogP contribution in [-0.2, 0) is 16.1 Å². The van der Waals surface area contributed by atoms with Crippen molar-refractivity contribution in [1.82, 2.24) is 9.88 Å². The molecule has 2 N–H and O–H groups in total. The van der Waals surface area contributed by atoms with Crippen LogP contribution in [0.1, 0.15) is 12.0 Å². The minimum absolute atomic E-state index is 0.151. The molecule has 0 amide bonds. The molecule has 0 saturated heterocycles. The van der Waals surface area contributed by atoms with E-state index < -0.39 is 6.04 Å². The fourth-order valence-electron chi connectivity index (χ4n) is 1.80. The van der Waals surface area contributed by atoms with Gasteiger partial charge in [0, 0.05) is 38.4 Å². The first-order valence-electron chi connectivity index (χ1n) is 6.00. The van der Waals surface area contributed by atoms with Gasteiger partial charge in [-0.3, -0.25) is 14.7 Å². The number of hydrogen-bond acceptors (Lipinski definition) is 6. The molecule has 6 nitrogen and oxygen atoms in total. The van der Waals surface area contributed by atoms with Crippen molar-refractivity contribution in [3.8, 4) is 6.07 Å². The third kappa shape index (κ3) is 4.66. The molecular formula is C13H18N4O2. The van der Waals surface area contributed by atoms with Crippen LogP contribution in [0.4, 0.5) is 0 Å². The van der Waals surface area contributed by atoms with Gasteiger partial charge in [-0.15, -0.1) is 0 Å². The topological polar surface area (TPSA) is 92.2 Å². The van der Waals surface area contributed by atoms with Crippen LogP contribution in [0.25, 0.3) is 0 Å². The number of hydrogen-bond donors (Lipinski definition) is 1. The highest BCUT2D eigenvalue weighted by atomic mass is 16.5. The van der Waals surface area contributed by atoms with Gasteiger partial charge in [0.25, 0.3) is 0 Å². The van der Waals surface area contributed by atoms with Gasteiger partial charge in [0.2, 0.25) is 0 Å². The number of esters is 1. The molecule has 0 aliphatic carbocycles. The Hall–Kier alpha value is -1.97. The number of carbonyl (C=O) groups excluding carboxylic acids is 1. The van der Waals surface area contributed by atoms with Crippen LogP contribution in [0.5, 0.6) is 0 Å². The van der Waals surface area contributed by atoms with E-state index in [1.54, 1.807) is 12.4 Å². The summed E-state index contributed by atoms with van der Waals surface area (Å²) in [6, 6.07) is 5.27. The van der Waals surface area contributed by atoms with E-state index >= 15 is 0 Å². The summed E-state index contributed by atoms with van der Waals surface area (Å²) in [6.45, 7) is 1.12. The molecule has 19 heavy (non-hydrogen) atoms. The molecule has 0 bridgehead atoms. The fraction of sp³-hybridized carbons (Fsp3) is 0.462. The van der Waals surface area contributed by atoms with Crippen molar-refractivity contribution in [2.75, 3.05) is 20.2 Å². The molecule has 0 aromatic carbocycles. The van der Waals surface area contributed by atoms with Crippen LogP contribution in [-0.4, -0.2) is 42.1 Å². The third-order valence-electron chi connectivity index (χ3n) is 2.76. The summed E-state index contributed by atoms with van der Waals surface area (Å²) < 4.78 is 4.74. The molecule has 1 aromatic rings. The smallest absolute Gasteiger partial charge is 0.324 e. The quantitative estimate of drug-likeness (QED) is 0.710. The number of nitriles is 1. The van der Waals surface area contributed by atoms with Crippen LogP contribution < -0.4 is 5.73 Å². The Morgan fingerprint density at radius 2 is 2.47 bits per heavy atom. The molecular weight excluding hydrogens is 244 g/mol. The second kappa shape index (κ2) is 8.19. The fourth-order valence-corrected chi connectivity index (χ4v) is 1.80. The van der Waals surface area contributed by atoms with Gasteiger partial charge in [-0.2, -0.15) is 5.26 Å². The largest absolute Gasteiger partial charge is 0.468 e. The SMILES string of the molecule is COC(=O)C(CN)N(CCC#N)Cc1cccnc1. The Bertz CT molecular complexity index is 430. The number of aromatic nitrogens is 1. The van der Waals surface area contributed by atoms with Crippen molar-refractivity contribution < 1.29 is 9.53 Å². The number of pyridine rings is 1. The number of ether oxygens (including phenoxy) is 1. The number of rotatable bonds is 7. The maximum atomic E-state index is 11.7. The summed E-state index contributed by atoms with van der Waals surface area (Å²) in [5.74, 6) is -0.385. The van der Waals surface area contributed by atoms with Gasteiger partial charge in [0.15, 0.2) is 0 Å². The number of nitrogens with two attached hydrogens (primary N) is 1. The summed E-state index contributed by atoms with van der Waals surface area (Å²) in [6.07, 6.45) is 3.74. The summed E-state index contributed by atoms with van der Waals surface area (Å²) in [4.78, 5) is 17.6. The molecule has 102 valence electrons. The van der Waals surface area contributed by atoms with Crippen LogP contribution in [0.3, 0.4) is 0 Å². The molecule has 0 aliphatic heterocycles. The minimum atomic E-state index is -0.543. The molecule has 0 saturated carbocycles. The second-order valence-corrected chi connectivity index (χ2v) is 4.01. The average molecular weight is 262 g/mol. The van der Waals surface area contributed by atoms with Gasteiger partial charge in [0.1, 0.15) is 6.04 Å². The Morgan fingerprint density at radius 1 is 1.68 bits per heavy atom. The van der Waals surface area contributed by atoms with E-state index in [0.29, 0.717) is 19.5 Å². The van der Waals surface area contributed by atoms with Crippen LogP contribution in [0, 0.1) is 11.3 Å². The Morgan fingerprint density at radius 3 is 3.00 bits per heavy atom. The molecule has 6 heteroatoms. The molecule has 1 atom stereocenters. The first-order chi connectivity index (χ1) is 9.22. The lowest BCUT2D eigenvalue weighted by atomic mass is 10.2. The minimum Gasteiger partial charge on any atom is -0.468 e. The molecule has 1 unspecified atom stereocenters. The molecule has 0 fully saturated rings. The van der Waals surface area contributed by atoms with Gasteiger partial charge >= 0.3 is 5.97 Å². The summed E-state index contributed by atoms with van der Waals surface area (Å²) in [5.41, 5.74) is 6.60. The van der Waals surface area contributed by atoms with Crippen molar-refractivity contribution in [1.29, 1.82) is 5.26 Å². The lowest BCUT2D eigenvalue weighted by molar-refractivity contribution is -0.146. The molecule has 0 radical (unpaired) electrons. The maximum Gasteiger partial charge on any atom is 0.324 e. The summed E-state index contributed by atoms with van der Waals surface area (Å²) in [5, 5.41) is 8.70. The molecule has 1 heterocycles. The van der Waals surface area contributed by atoms with E-state index in [-0.39, 0.29) is 12.5 Å². The zero-order valence-electron chi connectivity index (χ0n) is 11.0. The predicted octanol–water partition coefficient (Wildman–Crippen LogP) is 0.298. The monoisotopic (exact) mass is 262 g/mol. The molecule has 0 aliphatic rings. The average Bonchev–Trinajstić information content (AvgIpc) is 2.46. The van der Waals surface area contributed by atoms with Gasteiger partial charge in [-0.05, 0) is 11.6 Å². The van der Waals surface area contributed by atoms with E-state index in [2.05, 4.69) is 11.1 Å². The van der Waals surface area contributed by atoms with E-state index in [1.807, 2.05) is 17.0 Å². The maximum absolute atomic E-state index is 11.7. The highest BCUT2D eigenvalue weighted by Crippen LogP contribution is 2.09. The van der Waals surface area contributed by atoms with E-state index in [4.69, 9.17) is 15.7 Å². The van der Waals surface area contributed by atoms with Crippen molar-refractivity contribution in [3.63, 3.8) is 0 Å². The van der Waals surface area contributed by atoms with Crippen LogP contribution in [0.2, 0.25) is 0 Å². The number of carbonyl (C=O) groups is 1. The Labute approximate surface area is 112 Å². The molecule has 1 aromatic heterocycles. The standard InChI is InChI=1S/C13H18N4O2/c1-19-13(18)12(8-15)17(7-3-5-14)10-11-4-2-6-16-9-11/h2,4,6,9,12H,3,7-8,10,15H2,1H3. The van der Waals surface area contributed by atoms with Crippen LogP contribution in [0.15, 0.2) is 24.5 Å². The van der Waals surface area contributed by atoms with E-state index in [1.165, 1.54) is 7.11 Å².